The zero-order valence-electron chi connectivity index (χ0n) is 12.3. The average Bonchev–Trinajstić information content (AvgIpc) is 2.64. The lowest BCUT2D eigenvalue weighted by molar-refractivity contribution is 0.480. The van der Waals surface area contributed by atoms with E-state index in [1.165, 1.54) is 16.5 Å². The highest BCUT2D eigenvalue weighted by Crippen LogP contribution is 2.36. The third-order valence-corrected chi connectivity index (χ3v) is 3.84. The number of benzene rings is 1. The number of nitrogens with one attached hydrogen (secondary N) is 1. The van der Waals surface area contributed by atoms with Gasteiger partial charge in [-0.15, -0.1) is 0 Å². The third-order valence-electron chi connectivity index (χ3n) is 3.25. The van der Waals surface area contributed by atoms with Gasteiger partial charge < -0.3 is 9.73 Å². The van der Waals surface area contributed by atoms with Gasteiger partial charge in [0.15, 0.2) is 0 Å². The normalized spacial score (nSPS) is 12.0. The van der Waals surface area contributed by atoms with Crippen molar-refractivity contribution >= 4 is 26.9 Å². The van der Waals surface area contributed by atoms with Crippen LogP contribution in [-0.2, 0) is 6.54 Å². The highest BCUT2D eigenvalue weighted by molar-refractivity contribution is 9.10. The second-order valence-corrected chi connectivity index (χ2v) is 6.61. The number of fused-ring (bicyclic) bond motifs is 1. The molecule has 104 valence electrons. The van der Waals surface area contributed by atoms with Gasteiger partial charge in [0.2, 0.25) is 0 Å². The Hall–Kier alpha value is -0.800. The van der Waals surface area contributed by atoms with Crippen LogP contribution >= 0.6 is 15.9 Å². The van der Waals surface area contributed by atoms with Gasteiger partial charge in [-0.1, -0.05) is 27.7 Å². The molecule has 1 aromatic carbocycles. The van der Waals surface area contributed by atoms with Crippen molar-refractivity contribution in [3.05, 3.63) is 33.5 Å². The predicted octanol–water partition coefficient (Wildman–Crippen LogP) is 5.13. The van der Waals surface area contributed by atoms with E-state index in [9.17, 15) is 0 Å². The van der Waals surface area contributed by atoms with Crippen LogP contribution in [0.15, 0.2) is 21.0 Å². The number of hydrogen-bond acceptors (Lipinski definition) is 2. The minimum absolute atomic E-state index is 0.457. The van der Waals surface area contributed by atoms with Crippen molar-refractivity contribution in [3.8, 4) is 0 Å². The first-order valence-corrected chi connectivity index (χ1v) is 7.64. The van der Waals surface area contributed by atoms with E-state index in [2.05, 4.69) is 68.0 Å². The van der Waals surface area contributed by atoms with Gasteiger partial charge in [0.05, 0.1) is 11.0 Å². The average molecular weight is 324 g/mol. The Balaban J connectivity index is 2.57. The van der Waals surface area contributed by atoms with E-state index in [0.717, 1.165) is 22.4 Å². The molecule has 0 aliphatic rings. The molecule has 0 saturated heterocycles. The van der Waals surface area contributed by atoms with E-state index in [0.29, 0.717) is 12.0 Å². The molecule has 2 nitrogen and oxygen atoms in total. The minimum Gasteiger partial charge on any atom is -0.458 e. The first-order valence-electron chi connectivity index (χ1n) is 6.85. The van der Waals surface area contributed by atoms with Crippen LogP contribution in [0.4, 0.5) is 0 Å². The first kappa shape index (κ1) is 14.6. The highest BCUT2D eigenvalue weighted by atomic mass is 79.9. The molecule has 0 unspecified atom stereocenters. The van der Waals surface area contributed by atoms with E-state index in [1.807, 2.05) is 0 Å². The molecule has 0 bridgehead atoms. The SMILES string of the molecule is Cc1cc(Br)c2oc(CNC(C)C)c(C(C)C)c2c1. The summed E-state index contributed by atoms with van der Waals surface area (Å²) in [4.78, 5) is 0. The maximum Gasteiger partial charge on any atom is 0.148 e. The maximum absolute atomic E-state index is 6.09. The van der Waals surface area contributed by atoms with Crippen molar-refractivity contribution in [2.45, 2.75) is 53.1 Å². The van der Waals surface area contributed by atoms with Crippen molar-refractivity contribution < 1.29 is 4.42 Å². The summed E-state index contributed by atoms with van der Waals surface area (Å²) in [5.74, 6) is 1.52. The van der Waals surface area contributed by atoms with Crippen molar-refractivity contribution in [1.82, 2.24) is 5.32 Å². The molecule has 0 spiro atoms. The largest absolute Gasteiger partial charge is 0.458 e. The Morgan fingerprint density at radius 2 is 1.89 bits per heavy atom. The molecule has 0 aliphatic carbocycles. The van der Waals surface area contributed by atoms with Crippen molar-refractivity contribution in [1.29, 1.82) is 0 Å². The summed E-state index contributed by atoms with van der Waals surface area (Å²) < 4.78 is 7.13. The number of furan rings is 1. The smallest absolute Gasteiger partial charge is 0.148 e. The molecule has 0 aliphatic heterocycles. The van der Waals surface area contributed by atoms with Crippen molar-refractivity contribution in [2.75, 3.05) is 0 Å². The Morgan fingerprint density at radius 3 is 2.47 bits per heavy atom. The highest BCUT2D eigenvalue weighted by Gasteiger charge is 2.18. The van der Waals surface area contributed by atoms with Gasteiger partial charge in [0.1, 0.15) is 11.3 Å². The van der Waals surface area contributed by atoms with Gasteiger partial charge in [0.25, 0.3) is 0 Å². The zero-order valence-corrected chi connectivity index (χ0v) is 13.9. The number of rotatable bonds is 4. The second kappa shape index (κ2) is 5.68. The van der Waals surface area contributed by atoms with Gasteiger partial charge in [-0.25, -0.2) is 0 Å². The molecule has 1 aromatic heterocycles. The molecule has 2 aromatic rings. The molecule has 0 atom stereocenters. The second-order valence-electron chi connectivity index (χ2n) is 5.75. The van der Waals surface area contributed by atoms with Crippen LogP contribution in [0.25, 0.3) is 11.0 Å². The standard InChI is InChI=1S/C16H22BrNO/c1-9(2)15-12-6-11(5)7-13(17)16(12)19-14(15)8-18-10(3)4/h6-7,9-10,18H,8H2,1-5H3. The van der Waals surface area contributed by atoms with Gasteiger partial charge in [-0.2, -0.15) is 0 Å². The van der Waals surface area contributed by atoms with E-state index in [4.69, 9.17) is 4.42 Å². The van der Waals surface area contributed by atoms with Gasteiger partial charge in [-0.05, 0) is 46.5 Å². The topological polar surface area (TPSA) is 25.2 Å². The van der Waals surface area contributed by atoms with Crippen LogP contribution in [0.2, 0.25) is 0 Å². The van der Waals surface area contributed by atoms with Crippen LogP contribution in [0.5, 0.6) is 0 Å². The molecule has 3 heteroatoms. The Bertz CT molecular complexity index is 584. The number of halogens is 1. The summed E-state index contributed by atoms with van der Waals surface area (Å²) in [6.07, 6.45) is 0. The monoisotopic (exact) mass is 323 g/mol. The van der Waals surface area contributed by atoms with Crippen LogP contribution in [0.3, 0.4) is 0 Å². The van der Waals surface area contributed by atoms with Gasteiger partial charge in [-0.3, -0.25) is 0 Å². The molecule has 1 N–H and O–H groups in total. The molecule has 2 rings (SSSR count). The summed E-state index contributed by atoms with van der Waals surface area (Å²) in [6, 6.07) is 4.78. The van der Waals surface area contributed by atoms with E-state index in [-0.39, 0.29) is 0 Å². The lowest BCUT2D eigenvalue weighted by atomic mass is 9.98. The lowest BCUT2D eigenvalue weighted by Gasteiger charge is -2.10. The van der Waals surface area contributed by atoms with E-state index < -0.39 is 0 Å². The zero-order chi connectivity index (χ0) is 14.2. The summed E-state index contributed by atoms with van der Waals surface area (Å²) in [6.45, 7) is 11.6. The molecule has 0 amide bonds. The molecule has 0 radical (unpaired) electrons. The number of hydrogen-bond donors (Lipinski definition) is 1. The fourth-order valence-corrected chi connectivity index (χ4v) is 3.08. The van der Waals surface area contributed by atoms with E-state index in [1.54, 1.807) is 0 Å². The molecule has 0 saturated carbocycles. The molecule has 1 heterocycles. The van der Waals surface area contributed by atoms with E-state index >= 15 is 0 Å². The maximum atomic E-state index is 6.09. The minimum atomic E-state index is 0.457. The summed E-state index contributed by atoms with van der Waals surface area (Å²) in [7, 11) is 0. The summed E-state index contributed by atoms with van der Waals surface area (Å²) in [5.41, 5.74) is 3.55. The Labute approximate surface area is 123 Å². The Kier molecular flexibility index (Phi) is 4.36. The van der Waals surface area contributed by atoms with Crippen LogP contribution in [-0.4, -0.2) is 6.04 Å². The number of aryl methyl sites for hydroxylation is 1. The molecular formula is C16H22BrNO. The van der Waals surface area contributed by atoms with Crippen molar-refractivity contribution in [3.63, 3.8) is 0 Å². The summed E-state index contributed by atoms with van der Waals surface area (Å²) >= 11 is 3.61. The summed E-state index contributed by atoms with van der Waals surface area (Å²) in [5, 5.41) is 4.68. The fraction of sp³-hybridized carbons (Fsp3) is 0.500. The van der Waals surface area contributed by atoms with Crippen LogP contribution < -0.4 is 5.32 Å². The van der Waals surface area contributed by atoms with Crippen LogP contribution in [0.1, 0.15) is 50.5 Å². The van der Waals surface area contributed by atoms with Gasteiger partial charge in [0, 0.05) is 17.0 Å². The lowest BCUT2D eigenvalue weighted by Crippen LogP contribution is -2.22. The van der Waals surface area contributed by atoms with Crippen LogP contribution in [0, 0.1) is 6.92 Å². The Morgan fingerprint density at radius 1 is 1.21 bits per heavy atom. The van der Waals surface area contributed by atoms with Crippen molar-refractivity contribution in [2.24, 2.45) is 0 Å². The molecular weight excluding hydrogens is 302 g/mol. The molecule has 0 fully saturated rings. The van der Waals surface area contributed by atoms with Gasteiger partial charge >= 0.3 is 0 Å². The first-order chi connectivity index (χ1) is 8.90. The molecule has 19 heavy (non-hydrogen) atoms. The fourth-order valence-electron chi connectivity index (χ4n) is 2.42. The predicted molar refractivity (Wildman–Crippen MR) is 84.7 cm³/mol. The third kappa shape index (κ3) is 3.03. The quantitative estimate of drug-likeness (QED) is 0.844.